The molecule has 2 bridgehead atoms. The Labute approximate surface area is 153 Å². The van der Waals surface area contributed by atoms with E-state index in [1.54, 1.807) is 25.1 Å². The van der Waals surface area contributed by atoms with Gasteiger partial charge in [0.1, 0.15) is 0 Å². The van der Waals surface area contributed by atoms with Crippen LogP contribution in [0.1, 0.15) is 22.5 Å². The first kappa shape index (κ1) is 16.4. The molecule has 24 heavy (non-hydrogen) atoms. The van der Waals surface area contributed by atoms with Crippen molar-refractivity contribution in [1.29, 1.82) is 0 Å². The standard InChI is InChI=1S/C16H19N3O2S3/c1-21-13-8-17-16(23-13)24-14-3-2-12(22-14)15(20)18-11-9-19-6-4-10(11)5-7-19/h2-3,8,10-11H,4-7,9H2,1H3,(H,18,20). The molecule has 0 spiro atoms. The number of aromatic nitrogens is 1. The molecule has 0 saturated carbocycles. The number of ether oxygens (including phenoxy) is 1. The number of piperidine rings is 3. The summed E-state index contributed by atoms with van der Waals surface area (Å²) in [5.41, 5.74) is 0. The van der Waals surface area contributed by atoms with Crippen LogP contribution in [0.2, 0.25) is 0 Å². The lowest BCUT2D eigenvalue weighted by molar-refractivity contribution is 0.0622. The number of amides is 1. The van der Waals surface area contributed by atoms with Crippen LogP contribution >= 0.6 is 34.4 Å². The van der Waals surface area contributed by atoms with Crippen molar-refractivity contribution < 1.29 is 9.53 Å². The molecular formula is C16H19N3O2S3. The monoisotopic (exact) mass is 381 g/mol. The lowest BCUT2D eigenvalue weighted by atomic mass is 9.84. The summed E-state index contributed by atoms with van der Waals surface area (Å²) in [7, 11) is 1.64. The first-order valence-corrected chi connectivity index (χ1v) is 10.5. The molecule has 1 unspecified atom stereocenters. The maximum absolute atomic E-state index is 12.5. The molecule has 0 radical (unpaired) electrons. The molecule has 0 aliphatic carbocycles. The van der Waals surface area contributed by atoms with Crippen LogP contribution in [0.3, 0.4) is 0 Å². The molecule has 1 N–H and O–H groups in total. The molecule has 3 aliphatic rings. The summed E-state index contributed by atoms with van der Waals surface area (Å²) >= 11 is 4.61. The zero-order valence-electron chi connectivity index (χ0n) is 13.4. The lowest BCUT2D eigenvalue weighted by Gasteiger charge is -2.44. The van der Waals surface area contributed by atoms with Gasteiger partial charge in [0.2, 0.25) is 0 Å². The van der Waals surface area contributed by atoms with Gasteiger partial charge in [0.15, 0.2) is 9.40 Å². The quantitative estimate of drug-likeness (QED) is 0.862. The highest BCUT2D eigenvalue weighted by molar-refractivity contribution is 8.02. The van der Waals surface area contributed by atoms with Gasteiger partial charge in [-0.3, -0.25) is 4.79 Å². The van der Waals surface area contributed by atoms with E-state index in [2.05, 4.69) is 15.2 Å². The van der Waals surface area contributed by atoms with Gasteiger partial charge < -0.3 is 15.0 Å². The van der Waals surface area contributed by atoms with Crippen molar-refractivity contribution >= 4 is 40.3 Å². The topological polar surface area (TPSA) is 54.5 Å². The van der Waals surface area contributed by atoms with Crippen LogP contribution < -0.4 is 10.1 Å². The fourth-order valence-corrected chi connectivity index (χ4v) is 6.37. The summed E-state index contributed by atoms with van der Waals surface area (Å²) < 4.78 is 7.17. The highest BCUT2D eigenvalue weighted by Crippen LogP contribution is 2.37. The molecule has 3 saturated heterocycles. The van der Waals surface area contributed by atoms with Crippen LogP contribution in [0.5, 0.6) is 5.06 Å². The molecule has 2 aromatic heterocycles. The van der Waals surface area contributed by atoms with Gasteiger partial charge in [0.05, 0.1) is 22.4 Å². The van der Waals surface area contributed by atoms with Crippen molar-refractivity contribution in [2.24, 2.45) is 5.92 Å². The van der Waals surface area contributed by atoms with Crippen molar-refractivity contribution in [1.82, 2.24) is 15.2 Å². The predicted molar refractivity (Wildman–Crippen MR) is 97.5 cm³/mol. The molecule has 128 valence electrons. The Balaban J connectivity index is 1.38. The van der Waals surface area contributed by atoms with E-state index in [4.69, 9.17) is 4.74 Å². The Hall–Kier alpha value is -1.09. The first-order valence-electron chi connectivity index (χ1n) is 8.02. The molecule has 1 amide bonds. The van der Waals surface area contributed by atoms with Crippen LogP contribution in [0.15, 0.2) is 26.9 Å². The van der Waals surface area contributed by atoms with Crippen molar-refractivity contribution in [2.75, 3.05) is 26.7 Å². The number of rotatable bonds is 5. The highest BCUT2D eigenvalue weighted by atomic mass is 32.2. The second-order valence-electron chi connectivity index (χ2n) is 6.09. The average Bonchev–Trinajstić information content (AvgIpc) is 3.26. The van der Waals surface area contributed by atoms with E-state index in [1.807, 2.05) is 12.1 Å². The number of hydrogen-bond donors (Lipinski definition) is 1. The van der Waals surface area contributed by atoms with E-state index in [1.165, 1.54) is 48.6 Å². The van der Waals surface area contributed by atoms with Crippen molar-refractivity contribution in [3.8, 4) is 5.06 Å². The molecule has 3 aliphatic heterocycles. The Kier molecular flexibility index (Phi) is 4.80. The Morgan fingerprint density at radius 1 is 1.38 bits per heavy atom. The molecule has 0 aromatic carbocycles. The van der Waals surface area contributed by atoms with Crippen LogP contribution in [-0.2, 0) is 0 Å². The van der Waals surface area contributed by atoms with Gasteiger partial charge >= 0.3 is 0 Å². The van der Waals surface area contributed by atoms with Gasteiger partial charge in [-0.05, 0) is 55.7 Å². The maximum Gasteiger partial charge on any atom is 0.261 e. The number of fused-ring (bicyclic) bond motifs is 3. The number of thiophene rings is 1. The van der Waals surface area contributed by atoms with Crippen molar-refractivity contribution in [3.05, 3.63) is 23.2 Å². The summed E-state index contributed by atoms with van der Waals surface area (Å²) in [6.07, 6.45) is 4.15. The molecule has 3 fully saturated rings. The van der Waals surface area contributed by atoms with E-state index < -0.39 is 0 Å². The summed E-state index contributed by atoms with van der Waals surface area (Å²) in [4.78, 5) is 20.1. The van der Waals surface area contributed by atoms with E-state index in [0.717, 1.165) is 25.0 Å². The van der Waals surface area contributed by atoms with Crippen molar-refractivity contribution in [2.45, 2.75) is 27.4 Å². The summed E-state index contributed by atoms with van der Waals surface area (Å²) in [6, 6.07) is 4.21. The zero-order chi connectivity index (χ0) is 16.5. The maximum atomic E-state index is 12.5. The number of carbonyl (C=O) groups is 1. The fraction of sp³-hybridized carbons (Fsp3) is 0.500. The van der Waals surface area contributed by atoms with Crippen LogP contribution in [-0.4, -0.2) is 48.6 Å². The molecule has 2 aromatic rings. The second-order valence-corrected chi connectivity index (χ2v) is 9.71. The molecular weight excluding hydrogens is 362 g/mol. The zero-order valence-corrected chi connectivity index (χ0v) is 15.8. The van der Waals surface area contributed by atoms with Gasteiger partial charge in [0, 0.05) is 12.6 Å². The molecule has 1 atom stereocenters. The Morgan fingerprint density at radius 3 is 2.88 bits per heavy atom. The van der Waals surface area contributed by atoms with E-state index in [9.17, 15) is 4.79 Å². The molecule has 5 rings (SSSR count). The third-order valence-corrected chi connectivity index (χ3v) is 7.88. The normalized spacial score (nSPS) is 25.6. The Morgan fingerprint density at radius 2 is 2.21 bits per heavy atom. The van der Waals surface area contributed by atoms with Gasteiger partial charge in [-0.25, -0.2) is 4.98 Å². The minimum Gasteiger partial charge on any atom is -0.486 e. The predicted octanol–water partition coefficient (Wildman–Crippen LogP) is 3.19. The smallest absolute Gasteiger partial charge is 0.261 e. The van der Waals surface area contributed by atoms with E-state index >= 15 is 0 Å². The molecule has 8 heteroatoms. The number of hydrogen-bond acceptors (Lipinski definition) is 7. The minimum atomic E-state index is 0.0577. The summed E-state index contributed by atoms with van der Waals surface area (Å²) in [5, 5.41) is 4.04. The summed E-state index contributed by atoms with van der Waals surface area (Å²) in [6.45, 7) is 3.38. The average molecular weight is 382 g/mol. The van der Waals surface area contributed by atoms with Crippen LogP contribution in [0, 0.1) is 5.92 Å². The third-order valence-electron chi connectivity index (χ3n) is 4.63. The van der Waals surface area contributed by atoms with Gasteiger partial charge in [-0.2, -0.15) is 0 Å². The summed E-state index contributed by atoms with van der Waals surface area (Å²) in [5.74, 6) is 0.706. The van der Waals surface area contributed by atoms with E-state index in [-0.39, 0.29) is 5.91 Å². The van der Waals surface area contributed by atoms with Crippen molar-refractivity contribution in [3.63, 3.8) is 0 Å². The van der Waals surface area contributed by atoms with Gasteiger partial charge in [-0.15, -0.1) is 11.3 Å². The highest BCUT2D eigenvalue weighted by Gasteiger charge is 2.35. The first-order chi connectivity index (χ1) is 11.7. The van der Waals surface area contributed by atoms with Gasteiger partial charge in [-0.1, -0.05) is 11.3 Å². The minimum absolute atomic E-state index is 0.0577. The number of nitrogens with zero attached hydrogens (tertiary/aromatic N) is 2. The SMILES string of the molecule is COc1cnc(Sc2ccc(C(=O)NC3CN4CCC3CC4)s2)s1. The van der Waals surface area contributed by atoms with Gasteiger partial charge in [0.25, 0.3) is 5.91 Å². The lowest BCUT2D eigenvalue weighted by Crippen LogP contribution is -2.57. The number of thiazole rings is 1. The fourth-order valence-electron chi connectivity index (χ4n) is 3.34. The van der Waals surface area contributed by atoms with E-state index in [0.29, 0.717) is 12.0 Å². The third kappa shape index (κ3) is 3.46. The molecule has 5 heterocycles. The molecule has 5 nitrogen and oxygen atoms in total. The number of carbonyl (C=O) groups excluding carboxylic acids is 1. The van der Waals surface area contributed by atoms with Crippen LogP contribution in [0.4, 0.5) is 0 Å². The van der Waals surface area contributed by atoms with Crippen LogP contribution in [0.25, 0.3) is 0 Å². The Bertz CT molecular complexity index is 722. The number of methoxy groups -OCH3 is 1. The number of nitrogens with one attached hydrogen (secondary N) is 1. The second kappa shape index (κ2) is 7.03. The largest absolute Gasteiger partial charge is 0.486 e.